The van der Waals surface area contributed by atoms with Crippen molar-refractivity contribution in [1.82, 2.24) is 4.98 Å². The first-order chi connectivity index (χ1) is 5.92. The van der Waals surface area contributed by atoms with E-state index in [9.17, 15) is 0 Å². The van der Waals surface area contributed by atoms with E-state index in [1.54, 1.807) is 0 Å². The van der Waals surface area contributed by atoms with Gasteiger partial charge in [-0.3, -0.25) is 4.98 Å². The third-order valence-electron chi connectivity index (χ3n) is 2.29. The van der Waals surface area contributed by atoms with Crippen LogP contribution in [0, 0.1) is 0 Å². The lowest BCUT2D eigenvalue weighted by atomic mass is 10.1. The number of rotatable bonds is 2. The van der Waals surface area contributed by atoms with Crippen LogP contribution in [0.25, 0.3) is 0 Å². The second kappa shape index (κ2) is 3.11. The Bertz CT molecular complexity index is 268. The maximum absolute atomic E-state index is 5.60. The smallest absolute Gasteiger partial charge is 0.0442 e. The summed E-state index contributed by atoms with van der Waals surface area (Å²) in [5.74, 6) is 0. The van der Waals surface area contributed by atoms with Gasteiger partial charge in [-0.2, -0.15) is 0 Å². The molecule has 2 rings (SSSR count). The summed E-state index contributed by atoms with van der Waals surface area (Å²) in [4.78, 5) is 6.39. The fraction of sp³-hybridized carbons (Fsp3) is 0.444. The molecular formula is C9H13N3. The summed E-state index contributed by atoms with van der Waals surface area (Å²) in [5, 5.41) is 0. The molecule has 0 saturated carbocycles. The van der Waals surface area contributed by atoms with Gasteiger partial charge in [0.2, 0.25) is 0 Å². The molecular weight excluding hydrogens is 150 g/mol. The molecule has 1 aromatic rings. The third-order valence-corrected chi connectivity index (χ3v) is 2.29. The molecule has 0 atom stereocenters. The van der Waals surface area contributed by atoms with Crippen LogP contribution >= 0.6 is 0 Å². The van der Waals surface area contributed by atoms with Crippen molar-refractivity contribution in [2.24, 2.45) is 5.73 Å². The molecule has 1 saturated heterocycles. The highest BCUT2D eigenvalue weighted by Gasteiger charge is 2.16. The number of aromatic nitrogens is 1. The minimum Gasteiger partial charge on any atom is -0.371 e. The van der Waals surface area contributed by atoms with Gasteiger partial charge in [0, 0.05) is 43.3 Å². The van der Waals surface area contributed by atoms with Crippen molar-refractivity contribution >= 4 is 5.69 Å². The van der Waals surface area contributed by atoms with Crippen molar-refractivity contribution in [2.45, 2.75) is 13.0 Å². The highest BCUT2D eigenvalue weighted by Crippen LogP contribution is 2.23. The lowest BCUT2D eigenvalue weighted by molar-refractivity contribution is 0.614. The molecule has 0 aromatic carbocycles. The average Bonchev–Trinajstić information content (AvgIpc) is 2.02. The van der Waals surface area contributed by atoms with Crippen LogP contribution in [0.4, 0.5) is 5.69 Å². The zero-order valence-electron chi connectivity index (χ0n) is 7.03. The molecule has 2 heterocycles. The molecule has 3 nitrogen and oxygen atoms in total. The summed E-state index contributed by atoms with van der Waals surface area (Å²) in [5.41, 5.74) is 8.01. The molecule has 2 N–H and O–H groups in total. The minimum atomic E-state index is 0.583. The van der Waals surface area contributed by atoms with E-state index in [1.807, 2.05) is 18.5 Å². The normalized spacial score (nSPS) is 15.9. The average molecular weight is 163 g/mol. The molecule has 0 spiro atoms. The van der Waals surface area contributed by atoms with E-state index in [2.05, 4.69) is 9.88 Å². The first-order valence-corrected chi connectivity index (χ1v) is 4.29. The van der Waals surface area contributed by atoms with Crippen LogP contribution in [0.1, 0.15) is 12.0 Å². The predicted molar refractivity (Wildman–Crippen MR) is 49.0 cm³/mol. The summed E-state index contributed by atoms with van der Waals surface area (Å²) in [6.45, 7) is 2.91. The van der Waals surface area contributed by atoms with Gasteiger partial charge in [0.05, 0.1) is 0 Å². The van der Waals surface area contributed by atoms with E-state index >= 15 is 0 Å². The van der Waals surface area contributed by atoms with Gasteiger partial charge in [-0.05, 0) is 12.5 Å². The molecule has 1 fully saturated rings. The third kappa shape index (κ3) is 1.16. The van der Waals surface area contributed by atoms with Crippen molar-refractivity contribution in [3.05, 3.63) is 24.0 Å². The quantitative estimate of drug-likeness (QED) is 0.699. The number of pyridine rings is 1. The lowest BCUT2D eigenvalue weighted by Crippen LogP contribution is -2.37. The first kappa shape index (κ1) is 7.55. The zero-order valence-corrected chi connectivity index (χ0v) is 7.03. The minimum absolute atomic E-state index is 0.583. The number of anilines is 1. The van der Waals surface area contributed by atoms with Crippen molar-refractivity contribution in [1.29, 1.82) is 0 Å². The summed E-state index contributed by atoms with van der Waals surface area (Å²) < 4.78 is 0. The number of hydrogen-bond acceptors (Lipinski definition) is 3. The van der Waals surface area contributed by atoms with Gasteiger partial charge in [-0.25, -0.2) is 0 Å². The molecule has 0 radical (unpaired) electrons. The SMILES string of the molecule is NCc1cnccc1N1CCC1. The second-order valence-electron chi connectivity index (χ2n) is 3.05. The standard InChI is InChI=1S/C9H13N3/c10-6-8-7-11-3-2-9(8)12-4-1-5-12/h2-3,7H,1,4-6,10H2. The summed E-state index contributed by atoms with van der Waals surface area (Å²) in [6.07, 6.45) is 4.98. The Morgan fingerprint density at radius 3 is 2.92 bits per heavy atom. The number of hydrogen-bond donors (Lipinski definition) is 1. The van der Waals surface area contributed by atoms with Crippen molar-refractivity contribution in [2.75, 3.05) is 18.0 Å². The van der Waals surface area contributed by atoms with E-state index in [0.717, 1.165) is 18.7 Å². The number of nitrogens with two attached hydrogens (primary N) is 1. The molecule has 12 heavy (non-hydrogen) atoms. The van der Waals surface area contributed by atoms with Gasteiger partial charge in [-0.1, -0.05) is 0 Å². The van der Waals surface area contributed by atoms with Gasteiger partial charge in [0.1, 0.15) is 0 Å². The van der Waals surface area contributed by atoms with E-state index in [-0.39, 0.29) is 0 Å². The Morgan fingerprint density at radius 2 is 2.33 bits per heavy atom. The molecule has 0 aliphatic carbocycles. The molecule has 1 aromatic heterocycles. The topological polar surface area (TPSA) is 42.1 Å². The van der Waals surface area contributed by atoms with Gasteiger partial charge in [0.25, 0.3) is 0 Å². The first-order valence-electron chi connectivity index (χ1n) is 4.29. The molecule has 0 unspecified atom stereocenters. The van der Waals surface area contributed by atoms with Crippen LogP contribution in [0.2, 0.25) is 0 Å². The largest absolute Gasteiger partial charge is 0.371 e. The van der Waals surface area contributed by atoms with E-state index < -0.39 is 0 Å². The Balaban J connectivity index is 2.27. The zero-order chi connectivity index (χ0) is 8.39. The monoisotopic (exact) mass is 163 g/mol. The van der Waals surface area contributed by atoms with Crippen LogP contribution in [-0.2, 0) is 6.54 Å². The van der Waals surface area contributed by atoms with Crippen LogP contribution < -0.4 is 10.6 Å². The van der Waals surface area contributed by atoms with Crippen molar-refractivity contribution < 1.29 is 0 Å². The molecule has 64 valence electrons. The van der Waals surface area contributed by atoms with E-state index in [0.29, 0.717) is 6.54 Å². The maximum Gasteiger partial charge on any atom is 0.0442 e. The Morgan fingerprint density at radius 1 is 1.50 bits per heavy atom. The lowest BCUT2D eigenvalue weighted by Gasteiger charge is -2.34. The van der Waals surface area contributed by atoms with Crippen LogP contribution in [0.3, 0.4) is 0 Å². The maximum atomic E-state index is 5.60. The molecule has 1 aliphatic rings. The van der Waals surface area contributed by atoms with E-state index in [1.165, 1.54) is 12.1 Å². The van der Waals surface area contributed by atoms with Crippen LogP contribution in [0.15, 0.2) is 18.5 Å². The highest BCUT2D eigenvalue weighted by molar-refractivity contribution is 5.53. The molecule has 0 amide bonds. The highest BCUT2D eigenvalue weighted by atomic mass is 15.2. The van der Waals surface area contributed by atoms with E-state index in [4.69, 9.17) is 5.73 Å². The summed E-state index contributed by atoms with van der Waals surface area (Å²) in [6, 6.07) is 2.04. The Kier molecular flexibility index (Phi) is 1.96. The second-order valence-corrected chi connectivity index (χ2v) is 3.05. The van der Waals surface area contributed by atoms with Crippen LogP contribution in [0.5, 0.6) is 0 Å². The predicted octanol–water partition coefficient (Wildman–Crippen LogP) is 0.750. The Labute approximate surface area is 72.2 Å². The van der Waals surface area contributed by atoms with Crippen LogP contribution in [-0.4, -0.2) is 18.1 Å². The van der Waals surface area contributed by atoms with Gasteiger partial charge in [-0.15, -0.1) is 0 Å². The number of nitrogens with zero attached hydrogens (tertiary/aromatic N) is 2. The Hall–Kier alpha value is -1.09. The molecule has 3 heteroatoms. The van der Waals surface area contributed by atoms with Gasteiger partial charge in [0.15, 0.2) is 0 Å². The molecule has 1 aliphatic heterocycles. The van der Waals surface area contributed by atoms with Crippen molar-refractivity contribution in [3.63, 3.8) is 0 Å². The summed E-state index contributed by atoms with van der Waals surface area (Å²) >= 11 is 0. The fourth-order valence-corrected chi connectivity index (χ4v) is 1.44. The van der Waals surface area contributed by atoms with Crippen molar-refractivity contribution in [3.8, 4) is 0 Å². The fourth-order valence-electron chi connectivity index (χ4n) is 1.44. The summed E-state index contributed by atoms with van der Waals surface area (Å²) in [7, 11) is 0. The molecule has 0 bridgehead atoms. The van der Waals surface area contributed by atoms with Gasteiger partial charge < -0.3 is 10.6 Å². The van der Waals surface area contributed by atoms with Gasteiger partial charge >= 0.3 is 0 Å².